The summed E-state index contributed by atoms with van der Waals surface area (Å²) in [6.07, 6.45) is -1.36. The van der Waals surface area contributed by atoms with Crippen molar-refractivity contribution >= 4 is 17.9 Å². The minimum Gasteiger partial charge on any atom is -0.326 e. The summed E-state index contributed by atoms with van der Waals surface area (Å²) in [6, 6.07) is 0. The van der Waals surface area contributed by atoms with Crippen LogP contribution in [0.1, 0.15) is 28.0 Å². The van der Waals surface area contributed by atoms with Crippen LogP contribution in [0, 0.1) is 0 Å². The largest absolute Gasteiger partial charge is 0.326 e. The third-order valence-corrected chi connectivity index (χ3v) is 2.04. The van der Waals surface area contributed by atoms with Crippen LogP contribution in [0.25, 0.3) is 0 Å². The highest BCUT2D eigenvalue weighted by atomic mass is 35.5. The van der Waals surface area contributed by atoms with E-state index in [1.807, 2.05) is 0 Å². The van der Waals surface area contributed by atoms with Crippen LogP contribution in [0.3, 0.4) is 0 Å². The predicted octanol–water partition coefficient (Wildman–Crippen LogP) is 1.94. The van der Waals surface area contributed by atoms with Gasteiger partial charge in [-0.25, -0.2) is 8.78 Å². The highest BCUT2D eigenvalue weighted by Gasteiger charge is 2.19. The molecule has 0 aromatic carbocycles. The Bertz CT molecular complexity index is 357. The summed E-state index contributed by atoms with van der Waals surface area (Å²) < 4.78 is 25.0. The molecule has 2 N–H and O–H groups in total. The molecule has 0 spiro atoms. The zero-order valence-corrected chi connectivity index (χ0v) is 7.76. The average Bonchev–Trinajstić information content (AvgIpc) is 2.16. The fraction of sp³-hybridized carbons (Fsp3) is 0.250. The van der Waals surface area contributed by atoms with Crippen molar-refractivity contribution in [1.29, 1.82) is 0 Å². The van der Waals surface area contributed by atoms with Crippen LogP contribution >= 0.6 is 11.6 Å². The lowest BCUT2D eigenvalue weighted by atomic mass is 10.1. The molecule has 0 fully saturated rings. The molecule has 1 aromatic rings. The van der Waals surface area contributed by atoms with E-state index in [-0.39, 0.29) is 22.8 Å². The summed E-state index contributed by atoms with van der Waals surface area (Å²) in [5.41, 5.74) is 4.74. The van der Waals surface area contributed by atoms with E-state index in [4.69, 9.17) is 17.3 Å². The molecule has 1 heterocycles. The standard InChI is InChI=1S/C8H7ClF2N2O/c9-5-2-13-6(3-14)4(1-12)7(5)8(10)11/h2-3,8H,1,12H2. The number of pyridine rings is 1. The number of hydrogen-bond donors (Lipinski definition) is 1. The zero-order valence-electron chi connectivity index (χ0n) is 7.01. The second kappa shape index (κ2) is 4.43. The first-order valence-electron chi connectivity index (χ1n) is 3.72. The van der Waals surface area contributed by atoms with Gasteiger partial charge in [-0.3, -0.25) is 9.78 Å². The maximum atomic E-state index is 12.5. The second-order valence-electron chi connectivity index (χ2n) is 2.51. The SMILES string of the molecule is NCc1c(C=O)ncc(Cl)c1C(F)F. The predicted molar refractivity (Wildman–Crippen MR) is 47.5 cm³/mol. The Kier molecular flexibility index (Phi) is 3.49. The smallest absolute Gasteiger partial charge is 0.265 e. The van der Waals surface area contributed by atoms with Gasteiger partial charge in [-0.05, 0) is 0 Å². The van der Waals surface area contributed by atoms with Crippen molar-refractivity contribution in [3.63, 3.8) is 0 Å². The Balaban J connectivity index is 3.42. The Morgan fingerprint density at radius 1 is 1.64 bits per heavy atom. The number of alkyl halides is 2. The lowest BCUT2D eigenvalue weighted by Gasteiger charge is -2.09. The topological polar surface area (TPSA) is 56.0 Å². The summed E-state index contributed by atoms with van der Waals surface area (Å²) in [6.45, 7) is -0.193. The Labute approximate surface area is 83.9 Å². The third-order valence-electron chi connectivity index (χ3n) is 1.74. The van der Waals surface area contributed by atoms with Crippen molar-refractivity contribution in [3.05, 3.63) is 28.0 Å². The average molecular weight is 221 g/mol. The number of aromatic nitrogens is 1. The van der Waals surface area contributed by atoms with Gasteiger partial charge < -0.3 is 5.73 Å². The molecule has 0 saturated heterocycles. The van der Waals surface area contributed by atoms with Gasteiger partial charge in [0.05, 0.1) is 5.02 Å². The molecule has 1 rings (SSSR count). The number of rotatable bonds is 3. The number of aldehydes is 1. The Morgan fingerprint density at radius 3 is 2.71 bits per heavy atom. The number of nitrogens with two attached hydrogens (primary N) is 1. The lowest BCUT2D eigenvalue weighted by Crippen LogP contribution is -2.08. The summed E-state index contributed by atoms with van der Waals surface area (Å²) in [7, 11) is 0. The molecule has 0 aliphatic heterocycles. The number of carbonyl (C=O) groups excluding carboxylic acids is 1. The highest BCUT2D eigenvalue weighted by Crippen LogP contribution is 2.30. The first-order chi connectivity index (χ1) is 6.61. The van der Waals surface area contributed by atoms with Gasteiger partial charge in [0.25, 0.3) is 6.43 Å². The maximum absolute atomic E-state index is 12.5. The molecule has 0 unspecified atom stereocenters. The van der Waals surface area contributed by atoms with E-state index in [9.17, 15) is 13.6 Å². The van der Waals surface area contributed by atoms with Gasteiger partial charge in [0, 0.05) is 23.9 Å². The number of halogens is 3. The quantitative estimate of drug-likeness (QED) is 0.792. The van der Waals surface area contributed by atoms with E-state index >= 15 is 0 Å². The fourth-order valence-electron chi connectivity index (χ4n) is 1.11. The van der Waals surface area contributed by atoms with Crippen molar-refractivity contribution in [2.75, 3.05) is 0 Å². The summed E-state index contributed by atoms with van der Waals surface area (Å²) in [4.78, 5) is 14.1. The molecule has 1 aromatic heterocycles. The van der Waals surface area contributed by atoms with Crippen molar-refractivity contribution in [2.24, 2.45) is 5.73 Å². The van der Waals surface area contributed by atoms with E-state index in [0.717, 1.165) is 6.20 Å². The van der Waals surface area contributed by atoms with E-state index < -0.39 is 12.0 Å². The van der Waals surface area contributed by atoms with E-state index in [1.54, 1.807) is 0 Å². The zero-order chi connectivity index (χ0) is 10.7. The summed E-state index contributed by atoms with van der Waals surface area (Å²) in [5.74, 6) is 0. The van der Waals surface area contributed by atoms with Crippen molar-refractivity contribution in [3.8, 4) is 0 Å². The summed E-state index contributed by atoms with van der Waals surface area (Å²) in [5, 5.41) is -0.175. The minimum absolute atomic E-state index is 0.00231. The van der Waals surface area contributed by atoms with Crippen LogP contribution in [0.2, 0.25) is 5.02 Å². The molecule has 76 valence electrons. The van der Waals surface area contributed by atoms with Gasteiger partial charge in [-0.2, -0.15) is 0 Å². The molecule has 0 bridgehead atoms. The van der Waals surface area contributed by atoms with Crippen LogP contribution in [0.4, 0.5) is 8.78 Å². The van der Waals surface area contributed by atoms with Gasteiger partial charge in [0.15, 0.2) is 6.29 Å². The molecule has 14 heavy (non-hydrogen) atoms. The van der Waals surface area contributed by atoms with Gasteiger partial charge in [-0.1, -0.05) is 11.6 Å². The maximum Gasteiger partial charge on any atom is 0.265 e. The second-order valence-corrected chi connectivity index (χ2v) is 2.91. The van der Waals surface area contributed by atoms with Crippen molar-refractivity contribution < 1.29 is 13.6 Å². The van der Waals surface area contributed by atoms with Crippen molar-refractivity contribution in [2.45, 2.75) is 13.0 Å². The molecule has 0 amide bonds. The number of hydrogen-bond acceptors (Lipinski definition) is 3. The monoisotopic (exact) mass is 220 g/mol. The number of nitrogens with zero attached hydrogens (tertiary/aromatic N) is 1. The fourth-order valence-corrected chi connectivity index (χ4v) is 1.35. The van der Waals surface area contributed by atoms with E-state index in [1.165, 1.54) is 0 Å². The van der Waals surface area contributed by atoms with Gasteiger partial charge in [0.2, 0.25) is 0 Å². The van der Waals surface area contributed by atoms with Crippen LogP contribution in [-0.4, -0.2) is 11.3 Å². The molecular weight excluding hydrogens is 214 g/mol. The molecular formula is C8H7ClF2N2O. The summed E-state index contributed by atoms with van der Waals surface area (Å²) >= 11 is 5.52. The first kappa shape index (κ1) is 11.0. The number of carbonyl (C=O) groups is 1. The van der Waals surface area contributed by atoms with E-state index in [0.29, 0.717) is 6.29 Å². The molecule has 3 nitrogen and oxygen atoms in total. The molecule has 0 saturated carbocycles. The van der Waals surface area contributed by atoms with Crippen LogP contribution < -0.4 is 5.73 Å². The highest BCUT2D eigenvalue weighted by molar-refractivity contribution is 6.31. The lowest BCUT2D eigenvalue weighted by molar-refractivity contribution is 0.111. The van der Waals surface area contributed by atoms with Crippen molar-refractivity contribution in [1.82, 2.24) is 4.98 Å². The third kappa shape index (κ3) is 1.88. The minimum atomic E-state index is -2.76. The molecule has 0 atom stereocenters. The van der Waals surface area contributed by atoms with Crippen LogP contribution in [-0.2, 0) is 6.54 Å². The Hall–Kier alpha value is -1.07. The molecule has 0 radical (unpaired) electrons. The van der Waals surface area contributed by atoms with Gasteiger partial charge in [0.1, 0.15) is 5.69 Å². The van der Waals surface area contributed by atoms with Crippen LogP contribution in [0.15, 0.2) is 6.20 Å². The van der Waals surface area contributed by atoms with Crippen LogP contribution in [0.5, 0.6) is 0 Å². The Morgan fingerprint density at radius 2 is 2.29 bits per heavy atom. The van der Waals surface area contributed by atoms with Gasteiger partial charge in [-0.15, -0.1) is 0 Å². The molecule has 6 heteroatoms. The molecule has 0 aliphatic rings. The normalized spacial score (nSPS) is 10.6. The first-order valence-corrected chi connectivity index (χ1v) is 4.10. The van der Waals surface area contributed by atoms with Gasteiger partial charge >= 0.3 is 0 Å². The molecule has 0 aliphatic carbocycles. The van der Waals surface area contributed by atoms with E-state index in [2.05, 4.69) is 4.98 Å².